The van der Waals surface area contributed by atoms with Crippen LogP contribution in [0.4, 0.5) is 0 Å². The number of benzene rings is 3. The third-order valence-corrected chi connectivity index (χ3v) is 6.89. The van der Waals surface area contributed by atoms with Gasteiger partial charge in [0, 0.05) is 17.0 Å². The molecule has 0 saturated carbocycles. The van der Waals surface area contributed by atoms with Crippen LogP contribution in [-0.2, 0) is 0 Å². The van der Waals surface area contributed by atoms with Crippen molar-refractivity contribution in [3.8, 4) is 28.6 Å². The number of hydrogen-bond donors (Lipinski definition) is 2. The lowest BCUT2D eigenvalue weighted by molar-refractivity contribution is 0.322. The van der Waals surface area contributed by atoms with Crippen LogP contribution in [0.3, 0.4) is 0 Å². The molecule has 9 heteroatoms. The van der Waals surface area contributed by atoms with Gasteiger partial charge in [0.2, 0.25) is 5.75 Å². The fourth-order valence-corrected chi connectivity index (χ4v) is 5.12. The molecule has 5 rings (SSSR count). The number of nitrogens with one attached hydrogen (secondary N) is 2. The van der Waals surface area contributed by atoms with Gasteiger partial charge in [0.15, 0.2) is 11.5 Å². The summed E-state index contributed by atoms with van der Waals surface area (Å²) in [5, 5.41) is 6.41. The summed E-state index contributed by atoms with van der Waals surface area (Å²) in [5.74, 6) is 0.425. The molecule has 0 unspecified atom stereocenters. The average Bonchev–Trinajstić information content (AvgIpc) is 3.43. The normalized spacial score (nSPS) is 11.1. The van der Waals surface area contributed by atoms with Crippen LogP contribution in [0.25, 0.3) is 11.4 Å². The molecule has 0 amide bonds. The Morgan fingerprint density at radius 1 is 0.615 bits per heavy atom. The van der Waals surface area contributed by atoms with E-state index in [0.717, 1.165) is 0 Å². The maximum Gasteiger partial charge on any atom is 0.275 e. The molecule has 5 aromatic rings. The van der Waals surface area contributed by atoms with Crippen LogP contribution in [0.5, 0.6) is 17.2 Å². The van der Waals surface area contributed by atoms with E-state index in [-0.39, 0.29) is 11.1 Å². The van der Waals surface area contributed by atoms with Gasteiger partial charge in [-0.3, -0.25) is 19.8 Å². The van der Waals surface area contributed by atoms with Gasteiger partial charge in [0.05, 0.1) is 49.7 Å². The van der Waals surface area contributed by atoms with Gasteiger partial charge in [-0.1, -0.05) is 42.5 Å². The Hall–Kier alpha value is -4.92. The number of nitrogens with zero attached hydrogens (tertiary/aromatic N) is 2. The third kappa shape index (κ3) is 4.31. The molecule has 0 aliphatic heterocycles. The van der Waals surface area contributed by atoms with Crippen molar-refractivity contribution in [1.29, 1.82) is 0 Å². The second-order valence-electron chi connectivity index (χ2n) is 9.11. The summed E-state index contributed by atoms with van der Waals surface area (Å²) in [6.45, 7) is 3.65. The highest BCUT2D eigenvalue weighted by atomic mass is 16.5. The summed E-state index contributed by atoms with van der Waals surface area (Å²) in [7, 11) is 4.58. The highest BCUT2D eigenvalue weighted by Crippen LogP contribution is 2.46. The Morgan fingerprint density at radius 3 is 1.49 bits per heavy atom. The Bertz CT molecular complexity index is 1630. The molecular formula is C30H30N4O5. The number of H-pyrrole nitrogens is 2. The fraction of sp³-hybridized carbons (Fsp3) is 0.200. The summed E-state index contributed by atoms with van der Waals surface area (Å²) in [5.41, 5.74) is 3.50. The molecule has 0 atom stereocenters. The zero-order valence-electron chi connectivity index (χ0n) is 22.4. The van der Waals surface area contributed by atoms with Crippen molar-refractivity contribution in [3.05, 3.63) is 122 Å². The molecule has 0 spiro atoms. The topological polar surface area (TPSA) is 103 Å². The molecule has 0 bridgehead atoms. The van der Waals surface area contributed by atoms with Gasteiger partial charge in [-0.15, -0.1) is 0 Å². The van der Waals surface area contributed by atoms with E-state index in [2.05, 4.69) is 10.2 Å². The number of aromatic nitrogens is 4. The van der Waals surface area contributed by atoms with Crippen LogP contribution in [-0.4, -0.2) is 40.9 Å². The Labute approximate surface area is 225 Å². The molecule has 0 radical (unpaired) electrons. The average molecular weight is 527 g/mol. The van der Waals surface area contributed by atoms with Gasteiger partial charge in [-0.25, -0.2) is 9.36 Å². The smallest absolute Gasteiger partial charge is 0.275 e. The second kappa shape index (κ2) is 10.4. The number of aromatic amines is 2. The number of ether oxygens (including phenoxy) is 3. The molecule has 2 heterocycles. The minimum atomic E-state index is -0.790. The lowest BCUT2D eigenvalue weighted by atomic mass is 9.84. The number of methoxy groups -OCH3 is 3. The molecule has 39 heavy (non-hydrogen) atoms. The molecule has 2 N–H and O–H groups in total. The van der Waals surface area contributed by atoms with Gasteiger partial charge in [0.25, 0.3) is 11.1 Å². The van der Waals surface area contributed by atoms with Crippen LogP contribution in [0.2, 0.25) is 0 Å². The summed E-state index contributed by atoms with van der Waals surface area (Å²) >= 11 is 0. The Morgan fingerprint density at radius 2 is 1.08 bits per heavy atom. The summed E-state index contributed by atoms with van der Waals surface area (Å²) < 4.78 is 20.0. The molecule has 3 aromatic carbocycles. The van der Waals surface area contributed by atoms with Crippen molar-refractivity contribution >= 4 is 0 Å². The molecule has 0 aliphatic rings. The lowest BCUT2D eigenvalue weighted by Crippen LogP contribution is -2.25. The maximum atomic E-state index is 14.1. The molecule has 0 aliphatic carbocycles. The zero-order valence-corrected chi connectivity index (χ0v) is 22.4. The predicted octanol–water partition coefficient (Wildman–Crippen LogP) is 4.47. The van der Waals surface area contributed by atoms with E-state index in [4.69, 9.17) is 14.2 Å². The molecule has 0 saturated heterocycles. The third-order valence-electron chi connectivity index (χ3n) is 6.89. The lowest BCUT2D eigenvalue weighted by Gasteiger charge is -2.21. The predicted molar refractivity (Wildman–Crippen MR) is 149 cm³/mol. The quantitative estimate of drug-likeness (QED) is 0.311. The maximum absolute atomic E-state index is 14.1. The first-order valence-electron chi connectivity index (χ1n) is 12.4. The first-order valence-corrected chi connectivity index (χ1v) is 12.4. The molecular weight excluding hydrogens is 496 g/mol. The van der Waals surface area contributed by atoms with E-state index in [1.165, 1.54) is 30.7 Å². The van der Waals surface area contributed by atoms with Crippen molar-refractivity contribution in [2.75, 3.05) is 21.3 Å². The molecule has 9 nitrogen and oxygen atoms in total. The van der Waals surface area contributed by atoms with Crippen molar-refractivity contribution in [3.63, 3.8) is 0 Å². The molecule has 200 valence electrons. The first-order chi connectivity index (χ1) is 18.9. The van der Waals surface area contributed by atoms with Gasteiger partial charge < -0.3 is 14.2 Å². The van der Waals surface area contributed by atoms with Crippen molar-refractivity contribution < 1.29 is 14.2 Å². The largest absolute Gasteiger partial charge is 0.493 e. The van der Waals surface area contributed by atoms with Crippen LogP contribution < -0.4 is 25.3 Å². The highest BCUT2D eigenvalue weighted by Gasteiger charge is 2.34. The van der Waals surface area contributed by atoms with E-state index in [0.29, 0.717) is 56.7 Å². The summed E-state index contributed by atoms with van der Waals surface area (Å²) in [4.78, 5) is 28.1. The van der Waals surface area contributed by atoms with Crippen molar-refractivity contribution in [2.24, 2.45) is 0 Å². The first kappa shape index (κ1) is 25.7. The zero-order chi connectivity index (χ0) is 27.7. The van der Waals surface area contributed by atoms with Gasteiger partial charge in [-0.05, 0) is 44.2 Å². The van der Waals surface area contributed by atoms with Gasteiger partial charge in [-0.2, -0.15) is 0 Å². The fourth-order valence-electron chi connectivity index (χ4n) is 5.12. The minimum absolute atomic E-state index is 0.271. The summed E-state index contributed by atoms with van der Waals surface area (Å²) in [6, 6.07) is 22.2. The van der Waals surface area contributed by atoms with Gasteiger partial charge in [0.1, 0.15) is 0 Å². The van der Waals surface area contributed by atoms with E-state index in [1.807, 2.05) is 80.6 Å². The monoisotopic (exact) mass is 526 g/mol. The Kier molecular flexibility index (Phi) is 6.89. The SMILES string of the molecule is COc1ccc(C(c2c(C)[nH]n(-c3ccccc3)c2=O)c2c(C)[nH]n(-c3ccccc3)c2=O)c(OC)c1OC. The number of aryl methyl sites for hydroxylation is 2. The van der Waals surface area contributed by atoms with E-state index in [1.54, 1.807) is 6.07 Å². The van der Waals surface area contributed by atoms with Crippen LogP contribution >= 0.6 is 0 Å². The number of hydrogen-bond acceptors (Lipinski definition) is 5. The van der Waals surface area contributed by atoms with Crippen molar-refractivity contribution in [1.82, 2.24) is 19.6 Å². The minimum Gasteiger partial charge on any atom is -0.493 e. The highest BCUT2D eigenvalue weighted by molar-refractivity contribution is 5.61. The molecule has 2 aromatic heterocycles. The second-order valence-corrected chi connectivity index (χ2v) is 9.11. The standard InChI is InChI=1S/C30H30N4O5/c1-18-24(29(35)33(31-18)20-12-8-6-9-13-20)26(22-16-17-23(37-3)28(39-5)27(22)38-4)25-19(2)32-34(30(25)36)21-14-10-7-11-15-21/h6-17,26,31-32H,1-5H3. The number of rotatable bonds is 8. The number of para-hydroxylation sites is 2. The Balaban J connectivity index is 1.85. The van der Waals surface area contributed by atoms with Crippen molar-refractivity contribution in [2.45, 2.75) is 19.8 Å². The van der Waals surface area contributed by atoms with E-state index < -0.39 is 5.92 Å². The summed E-state index contributed by atoms with van der Waals surface area (Å²) in [6.07, 6.45) is 0. The van der Waals surface area contributed by atoms with Gasteiger partial charge >= 0.3 is 0 Å². The van der Waals surface area contributed by atoms with Crippen LogP contribution in [0.15, 0.2) is 82.4 Å². The van der Waals surface area contributed by atoms with Crippen LogP contribution in [0.1, 0.15) is 34.0 Å². The van der Waals surface area contributed by atoms with E-state index in [9.17, 15) is 9.59 Å². The van der Waals surface area contributed by atoms with E-state index >= 15 is 0 Å². The molecule has 0 fully saturated rings. The van der Waals surface area contributed by atoms with Crippen LogP contribution in [0, 0.1) is 13.8 Å².